The lowest BCUT2D eigenvalue weighted by Gasteiger charge is -2.27. The lowest BCUT2D eigenvalue weighted by atomic mass is 9.95. The highest BCUT2D eigenvalue weighted by Crippen LogP contribution is 2.19. The van der Waals surface area contributed by atoms with Gasteiger partial charge in [-0.05, 0) is 143 Å². The van der Waals surface area contributed by atoms with Crippen molar-refractivity contribution in [3.8, 4) is 0 Å². The second-order valence-corrected chi connectivity index (χ2v) is 11.6. The molecule has 4 fully saturated rings. The van der Waals surface area contributed by atoms with Crippen molar-refractivity contribution in [3.63, 3.8) is 0 Å². The number of rotatable bonds is 3. The number of likely N-dealkylation sites (tertiary alicyclic amines) is 3. The van der Waals surface area contributed by atoms with E-state index in [1.54, 1.807) is 0 Å². The molecule has 63 heavy (non-hydrogen) atoms. The van der Waals surface area contributed by atoms with Crippen LogP contribution in [0.2, 0.25) is 0 Å². The van der Waals surface area contributed by atoms with Gasteiger partial charge >= 0.3 is 0 Å². The van der Waals surface area contributed by atoms with Crippen LogP contribution in [0.5, 0.6) is 0 Å². The lowest BCUT2D eigenvalue weighted by Crippen LogP contribution is -2.37. The minimum atomic E-state index is 0. The van der Waals surface area contributed by atoms with Crippen molar-refractivity contribution in [2.45, 2.75) is 293 Å². The molecule has 4 rings (SSSR count). The van der Waals surface area contributed by atoms with Crippen molar-refractivity contribution in [2.24, 2.45) is 23.5 Å². The van der Waals surface area contributed by atoms with E-state index in [2.05, 4.69) is 61.9 Å². The minimum Gasteiger partial charge on any atom is -0.328 e. The van der Waals surface area contributed by atoms with Gasteiger partial charge in [-0.2, -0.15) is 0 Å². The predicted octanol–water partition coefficient (Wildman–Crippen LogP) is 20.4. The van der Waals surface area contributed by atoms with Gasteiger partial charge in [-0.25, -0.2) is 0 Å². The number of hydrogen-bond donors (Lipinski definition) is 2. The van der Waals surface area contributed by atoms with Gasteiger partial charge in [-0.1, -0.05) is 236 Å². The van der Waals surface area contributed by atoms with Gasteiger partial charge in [0.05, 0.1) is 0 Å². The zero-order chi connectivity index (χ0) is 49.2. The summed E-state index contributed by atoms with van der Waals surface area (Å²) in [6.45, 7) is 65.0. The molecule has 0 aromatic carbocycles. The largest absolute Gasteiger partial charge is 0.328 e. The van der Waals surface area contributed by atoms with E-state index >= 15 is 0 Å². The Morgan fingerprint density at radius 1 is 0.333 bits per heavy atom. The Morgan fingerprint density at radius 2 is 0.492 bits per heavy atom. The molecule has 4 heterocycles. The average Bonchev–Trinajstić information content (AvgIpc) is 3.36. The molecule has 0 saturated carbocycles. The topological polar surface area (TPSA) is 47.8 Å². The zero-order valence-electron chi connectivity index (χ0n) is 48.6. The average molecular weight is 1030 g/mol. The molecule has 0 atom stereocenters. The monoisotopic (exact) mass is 1030 g/mol. The Balaban J connectivity index is -0.0000000252. The number of hydrogen-bond acceptors (Lipinski definition) is 5. The Kier molecular flexibility index (Phi) is 250. The SMILES string of the molecule is C.C.C.C.CC.CC.CC.CC.CC.CC.CC.CC.CC.CC.CC.CC.CCC1CCN(C)CC1.CCC1CCN(C)CC1.CCC1CCNCC1.CN1CCC(N)CC1.I. The lowest BCUT2D eigenvalue weighted by molar-refractivity contribution is 0.216. The van der Waals surface area contributed by atoms with Gasteiger partial charge in [0.15, 0.2) is 0 Å². The van der Waals surface area contributed by atoms with Crippen molar-refractivity contribution in [3.05, 3.63) is 0 Å². The Bertz CT molecular complexity index is 410. The number of piperidine rings is 4. The number of halogens is 1. The molecule has 4 saturated heterocycles. The summed E-state index contributed by atoms with van der Waals surface area (Å²) in [7, 11) is 6.57. The predicted molar refractivity (Wildman–Crippen MR) is 330 cm³/mol. The van der Waals surface area contributed by atoms with Crippen LogP contribution in [0.4, 0.5) is 0 Å². The number of nitrogens with zero attached hydrogens (tertiary/aromatic N) is 3. The van der Waals surface area contributed by atoms with Crippen LogP contribution in [-0.2, 0) is 0 Å². The smallest absolute Gasteiger partial charge is 0.00631 e. The fourth-order valence-corrected chi connectivity index (χ4v) is 5.26. The summed E-state index contributed by atoms with van der Waals surface area (Å²) < 4.78 is 0. The summed E-state index contributed by atoms with van der Waals surface area (Å²) in [4.78, 5) is 7.17. The quantitative estimate of drug-likeness (QED) is 0.276. The van der Waals surface area contributed by atoms with E-state index in [4.69, 9.17) is 5.73 Å². The van der Waals surface area contributed by atoms with E-state index in [0.29, 0.717) is 6.04 Å². The standard InChI is InChI=1S/2C8H17N.C7H15N.C6H14N2.12C2H6.4CH4.HI/c2*1-3-8-4-6-9(2)7-5-8;1-2-7-3-5-8-6-4-7;1-8-4-2-6(7)3-5-8;12*1-2;;;;;/h2*8H,3-7H2,1-2H3;7-8H,2-6H2,1H3;6H,2-5,7H2,1H3;12*1-2H3;4*1H4;1H. The molecule has 0 amide bonds. The van der Waals surface area contributed by atoms with E-state index in [1.165, 1.54) is 123 Å². The summed E-state index contributed by atoms with van der Waals surface area (Å²) >= 11 is 0. The normalized spacial score (nSPS) is 14.5. The maximum atomic E-state index is 5.67. The van der Waals surface area contributed by atoms with Crippen molar-refractivity contribution in [1.29, 1.82) is 0 Å². The molecule has 6 heteroatoms. The van der Waals surface area contributed by atoms with Gasteiger partial charge in [0.25, 0.3) is 0 Å². The molecule has 0 aromatic heterocycles. The Morgan fingerprint density at radius 3 is 0.635 bits per heavy atom. The number of nitrogens with two attached hydrogens (primary N) is 1. The van der Waals surface area contributed by atoms with Crippen molar-refractivity contribution in [2.75, 3.05) is 73.5 Å². The highest BCUT2D eigenvalue weighted by molar-refractivity contribution is 14.0. The third kappa shape index (κ3) is 116. The fraction of sp³-hybridized carbons (Fsp3) is 1.00. The summed E-state index contributed by atoms with van der Waals surface area (Å²) in [5, 5.41) is 3.35. The molecule has 4 aliphatic rings. The van der Waals surface area contributed by atoms with Gasteiger partial charge in [0.2, 0.25) is 0 Å². The molecule has 0 spiro atoms. The first-order valence-corrected chi connectivity index (χ1v) is 26.9. The summed E-state index contributed by atoms with van der Waals surface area (Å²) in [5.74, 6) is 3.08. The second kappa shape index (κ2) is 137. The highest BCUT2D eigenvalue weighted by atomic mass is 127. The highest BCUT2D eigenvalue weighted by Gasteiger charge is 2.15. The van der Waals surface area contributed by atoms with Crippen LogP contribution in [0.1, 0.15) is 287 Å². The Labute approximate surface area is 432 Å². The number of nitrogens with one attached hydrogen (secondary N) is 1. The van der Waals surface area contributed by atoms with Gasteiger partial charge in [-0.15, -0.1) is 24.0 Å². The fourth-order valence-electron chi connectivity index (χ4n) is 5.26. The second-order valence-electron chi connectivity index (χ2n) is 11.6. The maximum absolute atomic E-state index is 5.67. The first-order chi connectivity index (χ1) is 28.4. The van der Waals surface area contributed by atoms with Gasteiger partial charge < -0.3 is 25.8 Å². The maximum Gasteiger partial charge on any atom is 0.00631 e. The van der Waals surface area contributed by atoms with Crippen LogP contribution in [0.3, 0.4) is 0 Å². The van der Waals surface area contributed by atoms with Crippen LogP contribution in [-0.4, -0.2) is 94.2 Å². The molecular weight excluding hydrogens is 882 g/mol. The minimum absolute atomic E-state index is 0. The van der Waals surface area contributed by atoms with Crippen molar-refractivity contribution < 1.29 is 0 Å². The molecular formula is C57H152IN5. The molecule has 0 aromatic rings. The zero-order valence-corrected chi connectivity index (χ0v) is 50.9. The van der Waals surface area contributed by atoms with E-state index in [0.717, 1.165) is 17.8 Å². The third-order valence-corrected chi connectivity index (χ3v) is 8.63. The summed E-state index contributed by atoms with van der Waals surface area (Å²) in [6.07, 6.45) is 15.0. The molecule has 5 nitrogen and oxygen atoms in total. The van der Waals surface area contributed by atoms with Crippen LogP contribution in [0.15, 0.2) is 0 Å². The Hall–Kier alpha value is 0.530. The van der Waals surface area contributed by atoms with E-state index in [9.17, 15) is 0 Å². The molecule has 3 N–H and O–H groups in total. The van der Waals surface area contributed by atoms with Gasteiger partial charge in [0.1, 0.15) is 0 Å². The summed E-state index contributed by atoms with van der Waals surface area (Å²) in [6, 6.07) is 0.478. The molecule has 0 radical (unpaired) electrons. The van der Waals surface area contributed by atoms with E-state index in [-0.39, 0.29) is 53.7 Å². The first kappa shape index (κ1) is 115. The van der Waals surface area contributed by atoms with Crippen molar-refractivity contribution >= 4 is 24.0 Å². The van der Waals surface area contributed by atoms with Crippen LogP contribution >= 0.6 is 24.0 Å². The molecule has 0 aliphatic carbocycles. The molecule has 0 unspecified atom stereocenters. The van der Waals surface area contributed by atoms with Gasteiger partial charge in [0, 0.05) is 6.04 Å². The summed E-state index contributed by atoms with van der Waals surface area (Å²) in [5.41, 5.74) is 5.67. The van der Waals surface area contributed by atoms with Gasteiger partial charge in [-0.3, -0.25) is 0 Å². The molecule has 412 valence electrons. The first-order valence-electron chi connectivity index (χ1n) is 26.9. The molecule has 0 bridgehead atoms. The van der Waals surface area contributed by atoms with Crippen molar-refractivity contribution in [1.82, 2.24) is 20.0 Å². The van der Waals surface area contributed by atoms with Crippen LogP contribution < -0.4 is 11.1 Å². The van der Waals surface area contributed by atoms with Crippen LogP contribution in [0, 0.1) is 17.8 Å². The van der Waals surface area contributed by atoms with E-state index < -0.39 is 0 Å². The van der Waals surface area contributed by atoms with Crippen LogP contribution in [0.25, 0.3) is 0 Å². The molecule has 4 aliphatic heterocycles. The third-order valence-electron chi connectivity index (χ3n) is 8.63. The van der Waals surface area contributed by atoms with E-state index in [1.807, 2.05) is 166 Å².